The molecule has 0 unspecified atom stereocenters. The van der Waals surface area contributed by atoms with Gasteiger partial charge < -0.3 is 5.32 Å². The first-order chi connectivity index (χ1) is 12.5. The smallest absolute Gasteiger partial charge is 0.266 e. The molecule has 0 aliphatic rings. The summed E-state index contributed by atoms with van der Waals surface area (Å²) in [6.07, 6.45) is 0.507. The minimum absolute atomic E-state index is 0.121. The van der Waals surface area contributed by atoms with Gasteiger partial charge in [-0.3, -0.25) is 9.59 Å². The Hall–Kier alpha value is -2.87. The Morgan fingerprint density at radius 1 is 1.15 bits per heavy atom. The number of amides is 1. The highest BCUT2D eigenvalue weighted by Gasteiger charge is 2.08. The number of carbonyl (C=O) groups is 1. The first-order valence-electron chi connectivity index (χ1n) is 7.90. The number of halogens is 2. The molecule has 0 aliphatic heterocycles. The van der Waals surface area contributed by atoms with Crippen LogP contribution in [0.4, 0.5) is 14.5 Å². The van der Waals surface area contributed by atoms with Gasteiger partial charge in [0.25, 0.3) is 5.56 Å². The number of aryl methyl sites for hydroxylation is 1. The summed E-state index contributed by atoms with van der Waals surface area (Å²) in [5, 5.41) is 8.73. The highest BCUT2D eigenvalue weighted by Crippen LogP contribution is 2.21. The largest absolute Gasteiger partial charge is 0.326 e. The maximum Gasteiger partial charge on any atom is 0.266 e. The van der Waals surface area contributed by atoms with Gasteiger partial charge in [0.1, 0.15) is 5.69 Å². The van der Waals surface area contributed by atoms with Crippen LogP contribution in [0.15, 0.2) is 52.6 Å². The van der Waals surface area contributed by atoms with Gasteiger partial charge >= 0.3 is 0 Å². The van der Waals surface area contributed by atoms with Gasteiger partial charge in [-0.1, -0.05) is 6.07 Å². The number of benzene rings is 1. The number of hydrogen-bond donors (Lipinski definition) is 1. The Kier molecular flexibility index (Phi) is 5.52. The molecule has 2 aromatic heterocycles. The number of rotatable bonds is 6. The number of thiophene rings is 1. The lowest BCUT2D eigenvalue weighted by molar-refractivity contribution is -0.116. The van der Waals surface area contributed by atoms with E-state index in [9.17, 15) is 18.4 Å². The molecule has 134 valence electrons. The summed E-state index contributed by atoms with van der Waals surface area (Å²) in [6.45, 7) is 0.281. The van der Waals surface area contributed by atoms with Gasteiger partial charge in [0.2, 0.25) is 5.91 Å². The molecule has 1 amide bonds. The maximum atomic E-state index is 13.1. The summed E-state index contributed by atoms with van der Waals surface area (Å²) in [7, 11) is 0. The lowest BCUT2D eigenvalue weighted by Gasteiger charge is -2.07. The van der Waals surface area contributed by atoms with Gasteiger partial charge in [-0.15, -0.1) is 11.3 Å². The predicted molar refractivity (Wildman–Crippen MR) is 96.0 cm³/mol. The number of hydrogen-bond acceptors (Lipinski definition) is 4. The van der Waals surface area contributed by atoms with Crippen molar-refractivity contribution < 1.29 is 13.6 Å². The fraction of sp³-hybridized carbons (Fsp3) is 0.167. The highest BCUT2D eigenvalue weighted by atomic mass is 32.1. The zero-order valence-corrected chi connectivity index (χ0v) is 14.4. The topological polar surface area (TPSA) is 64.0 Å². The molecule has 3 rings (SSSR count). The van der Waals surface area contributed by atoms with Gasteiger partial charge in [0.05, 0.1) is 4.88 Å². The second-order valence-corrected chi connectivity index (χ2v) is 6.49. The van der Waals surface area contributed by atoms with Crippen molar-refractivity contribution in [2.75, 3.05) is 5.32 Å². The van der Waals surface area contributed by atoms with Gasteiger partial charge in [0, 0.05) is 30.8 Å². The Balaban J connectivity index is 1.57. The van der Waals surface area contributed by atoms with E-state index in [1.165, 1.54) is 28.2 Å². The maximum absolute atomic E-state index is 13.1. The van der Waals surface area contributed by atoms with Gasteiger partial charge in [0.15, 0.2) is 11.6 Å². The summed E-state index contributed by atoms with van der Waals surface area (Å²) >= 11 is 1.52. The van der Waals surface area contributed by atoms with Crippen LogP contribution < -0.4 is 10.9 Å². The molecule has 0 spiro atoms. The predicted octanol–water partition coefficient (Wildman–Crippen LogP) is 3.67. The Bertz CT molecular complexity index is 971. The molecule has 0 fully saturated rings. The number of anilines is 1. The third-order valence-electron chi connectivity index (χ3n) is 3.62. The van der Waals surface area contributed by atoms with Crippen LogP contribution in [0.5, 0.6) is 0 Å². The van der Waals surface area contributed by atoms with Crippen LogP contribution in [0, 0.1) is 11.6 Å². The van der Waals surface area contributed by atoms with Crippen molar-refractivity contribution in [3.8, 4) is 10.6 Å². The van der Waals surface area contributed by atoms with Crippen molar-refractivity contribution in [2.45, 2.75) is 19.4 Å². The van der Waals surface area contributed by atoms with Crippen molar-refractivity contribution in [3.63, 3.8) is 0 Å². The SMILES string of the molecule is O=C(CCCn1nc(-c2cccs2)ccc1=O)Nc1ccc(F)c(F)c1. The van der Waals surface area contributed by atoms with Crippen molar-refractivity contribution in [2.24, 2.45) is 0 Å². The molecular weight excluding hydrogens is 360 g/mol. The zero-order chi connectivity index (χ0) is 18.5. The molecule has 0 aliphatic carbocycles. The van der Waals surface area contributed by atoms with E-state index in [2.05, 4.69) is 10.4 Å². The van der Waals surface area contributed by atoms with E-state index >= 15 is 0 Å². The molecule has 0 radical (unpaired) electrons. The number of carbonyl (C=O) groups excluding carboxylic acids is 1. The average molecular weight is 375 g/mol. The molecule has 0 saturated carbocycles. The van der Waals surface area contributed by atoms with E-state index in [0.717, 1.165) is 17.0 Å². The first kappa shape index (κ1) is 17.9. The Morgan fingerprint density at radius 2 is 2.00 bits per heavy atom. The molecule has 8 heteroatoms. The Labute approximate surface area is 151 Å². The number of nitrogens with zero attached hydrogens (tertiary/aromatic N) is 2. The summed E-state index contributed by atoms with van der Waals surface area (Å²) in [4.78, 5) is 24.8. The molecular formula is C18H15F2N3O2S. The molecule has 1 N–H and O–H groups in total. The Morgan fingerprint density at radius 3 is 2.73 bits per heavy atom. The van der Waals surface area contributed by atoms with Crippen molar-refractivity contribution in [1.82, 2.24) is 9.78 Å². The van der Waals surface area contributed by atoms with Crippen LogP contribution in [0.1, 0.15) is 12.8 Å². The van der Waals surface area contributed by atoms with Crippen LogP contribution in [0.3, 0.4) is 0 Å². The third-order valence-corrected chi connectivity index (χ3v) is 4.51. The van der Waals surface area contributed by atoms with E-state index in [-0.39, 0.29) is 30.1 Å². The zero-order valence-electron chi connectivity index (χ0n) is 13.6. The first-order valence-corrected chi connectivity index (χ1v) is 8.78. The fourth-order valence-electron chi connectivity index (χ4n) is 2.35. The second kappa shape index (κ2) is 8.01. The van der Waals surface area contributed by atoms with E-state index in [1.807, 2.05) is 17.5 Å². The van der Waals surface area contributed by atoms with Gasteiger partial charge in [-0.25, -0.2) is 13.5 Å². The molecule has 0 atom stereocenters. The molecule has 0 bridgehead atoms. The highest BCUT2D eigenvalue weighted by molar-refractivity contribution is 7.13. The van der Waals surface area contributed by atoms with Crippen molar-refractivity contribution in [3.05, 3.63) is 69.8 Å². The van der Waals surface area contributed by atoms with Crippen LogP contribution in [0.25, 0.3) is 10.6 Å². The molecule has 26 heavy (non-hydrogen) atoms. The van der Waals surface area contributed by atoms with Gasteiger partial charge in [-0.05, 0) is 36.1 Å². The second-order valence-electron chi connectivity index (χ2n) is 5.54. The normalized spacial score (nSPS) is 10.7. The molecule has 0 saturated heterocycles. The van der Waals surface area contributed by atoms with E-state index < -0.39 is 11.6 Å². The lowest BCUT2D eigenvalue weighted by Crippen LogP contribution is -2.23. The standard InChI is InChI=1S/C18H15F2N3O2S/c19-13-6-5-12(11-14(13)20)21-17(24)4-1-9-23-18(25)8-7-15(22-23)16-3-2-10-26-16/h2-3,5-8,10-11H,1,4,9H2,(H,21,24). The molecule has 1 aromatic carbocycles. The fourth-order valence-corrected chi connectivity index (χ4v) is 3.04. The summed E-state index contributed by atoms with van der Waals surface area (Å²) < 4.78 is 27.3. The molecule has 5 nitrogen and oxygen atoms in total. The lowest BCUT2D eigenvalue weighted by atomic mass is 10.2. The van der Waals surface area contributed by atoms with Crippen LogP contribution >= 0.6 is 11.3 Å². The summed E-state index contributed by atoms with van der Waals surface area (Å²) in [5.74, 6) is -2.35. The van der Waals surface area contributed by atoms with Gasteiger partial charge in [-0.2, -0.15) is 5.10 Å². The minimum atomic E-state index is -1.02. The quantitative estimate of drug-likeness (QED) is 0.715. The van der Waals surface area contributed by atoms with E-state index in [4.69, 9.17) is 0 Å². The van der Waals surface area contributed by atoms with E-state index in [0.29, 0.717) is 12.1 Å². The third kappa shape index (κ3) is 4.40. The van der Waals surface area contributed by atoms with E-state index in [1.54, 1.807) is 6.07 Å². The van der Waals surface area contributed by atoms with Crippen molar-refractivity contribution >= 4 is 22.9 Å². The number of aromatic nitrogens is 2. The summed E-state index contributed by atoms with van der Waals surface area (Å²) in [6, 6.07) is 10.1. The van der Waals surface area contributed by atoms with Crippen molar-refractivity contribution in [1.29, 1.82) is 0 Å². The molecule has 3 aromatic rings. The average Bonchev–Trinajstić information content (AvgIpc) is 3.14. The van der Waals surface area contributed by atoms with Crippen LogP contribution in [-0.4, -0.2) is 15.7 Å². The minimum Gasteiger partial charge on any atom is -0.326 e. The van der Waals surface area contributed by atoms with Crippen LogP contribution in [-0.2, 0) is 11.3 Å². The van der Waals surface area contributed by atoms with Crippen LogP contribution in [0.2, 0.25) is 0 Å². The monoisotopic (exact) mass is 375 g/mol. The molecule has 2 heterocycles. The number of nitrogens with one attached hydrogen (secondary N) is 1. The summed E-state index contributed by atoms with van der Waals surface area (Å²) in [5.41, 5.74) is 0.640.